The normalized spacial score (nSPS) is 10.6. The van der Waals surface area contributed by atoms with Crippen molar-refractivity contribution in [3.63, 3.8) is 0 Å². The Bertz CT molecular complexity index is 523. The molecular weight excluding hydrogens is 348 g/mol. The Kier molecular flexibility index (Phi) is 10.4. The predicted octanol–water partition coefficient (Wildman–Crippen LogP) is 2.81. The fourth-order valence-electron chi connectivity index (χ4n) is 1.96. The van der Waals surface area contributed by atoms with Gasteiger partial charge in [0.05, 0.1) is 0 Å². The minimum Gasteiger partial charge on any atom is -0.396 e. The van der Waals surface area contributed by atoms with E-state index in [0.717, 1.165) is 30.1 Å². The van der Waals surface area contributed by atoms with Crippen molar-refractivity contribution in [1.82, 2.24) is 9.69 Å². The molecule has 5 N–H and O–H groups in total. The molecule has 0 spiro atoms. The first-order chi connectivity index (χ1) is 11.6. The van der Waals surface area contributed by atoms with Crippen molar-refractivity contribution in [1.29, 1.82) is 0 Å². The van der Waals surface area contributed by atoms with E-state index in [1.165, 1.54) is 24.6 Å². The summed E-state index contributed by atoms with van der Waals surface area (Å²) >= 11 is 2.56. The molecule has 0 fully saturated rings. The highest BCUT2D eigenvalue weighted by Crippen LogP contribution is 2.32. The zero-order chi connectivity index (χ0) is 17.8. The predicted molar refractivity (Wildman–Crippen MR) is 98.8 cm³/mol. The number of aliphatic hydroxyl groups excluding tert-OH is 1. The van der Waals surface area contributed by atoms with Crippen LogP contribution in [0, 0.1) is 0 Å². The maximum absolute atomic E-state index is 11.8. The van der Waals surface area contributed by atoms with E-state index in [0.29, 0.717) is 29.4 Å². The van der Waals surface area contributed by atoms with Gasteiger partial charge in [0.1, 0.15) is 15.6 Å². The van der Waals surface area contributed by atoms with Crippen LogP contribution in [0.5, 0.6) is 0 Å². The van der Waals surface area contributed by atoms with Crippen LogP contribution in [0.15, 0.2) is 5.03 Å². The quantitative estimate of drug-likeness (QED) is 0.331. The molecule has 0 aliphatic heterocycles. The van der Waals surface area contributed by atoms with Gasteiger partial charge in [-0.05, 0) is 36.5 Å². The van der Waals surface area contributed by atoms with Gasteiger partial charge in [-0.1, -0.05) is 26.2 Å². The molecule has 1 rings (SSSR count). The number of primary amides is 1. The molecule has 3 amide bonds. The summed E-state index contributed by atoms with van der Waals surface area (Å²) in [6.07, 6.45) is 5.91. The van der Waals surface area contributed by atoms with Crippen molar-refractivity contribution >= 4 is 40.2 Å². The largest absolute Gasteiger partial charge is 0.396 e. The monoisotopic (exact) mass is 374 g/mol. The average Bonchev–Trinajstić information content (AvgIpc) is 2.94. The molecule has 0 saturated carbocycles. The molecule has 0 saturated heterocycles. The van der Waals surface area contributed by atoms with E-state index in [2.05, 4.69) is 21.9 Å². The third-order valence-electron chi connectivity index (χ3n) is 3.24. The van der Waals surface area contributed by atoms with Crippen LogP contribution in [-0.2, 0) is 0 Å². The lowest BCUT2D eigenvalue weighted by Gasteiger charge is -2.06. The molecule has 9 heteroatoms. The van der Waals surface area contributed by atoms with Gasteiger partial charge in [0.15, 0.2) is 0 Å². The molecule has 136 valence electrons. The molecule has 24 heavy (non-hydrogen) atoms. The van der Waals surface area contributed by atoms with E-state index in [4.69, 9.17) is 10.8 Å². The SMILES string of the molecule is CCCCCCSc1nsc(NC(=O)NCCCCO)c1C(N)=O. The second-order valence-electron chi connectivity index (χ2n) is 5.28. The van der Waals surface area contributed by atoms with E-state index in [-0.39, 0.29) is 12.2 Å². The maximum atomic E-state index is 11.8. The summed E-state index contributed by atoms with van der Waals surface area (Å²) in [5, 5.41) is 14.9. The third-order valence-corrected chi connectivity index (χ3v) is 5.18. The van der Waals surface area contributed by atoms with Gasteiger partial charge in [0, 0.05) is 13.2 Å². The summed E-state index contributed by atoms with van der Waals surface area (Å²) in [4.78, 5) is 23.5. The molecule has 1 aromatic heterocycles. The summed E-state index contributed by atoms with van der Waals surface area (Å²) in [6, 6.07) is -0.404. The first-order valence-corrected chi connectivity index (χ1v) is 9.94. The van der Waals surface area contributed by atoms with Crippen molar-refractivity contribution in [2.75, 3.05) is 24.2 Å². The number of carbonyl (C=O) groups excluding carboxylic acids is 2. The Hall–Kier alpha value is -1.32. The zero-order valence-electron chi connectivity index (χ0n) is 14.0. The van der Waals surface area contributed by atoms with E-state index < -0.39 is 11.9 Å². The maximum Gasteiger partial charge on any atom is 0.319 e. The number of rotatable bonds is 12. The van der Waals surface area contributed by atoms with Crippen molar-refractivity contribution in [3.05, 3.63) is 5.56 Å². The number of aliphatic hydroxyl groups is 1. The average molecular weight is 375 g/mol. The van der Waals surface area contributed by atoms with Crippen molar-refractivity contribution in [2.45, 2.75) is 50.5 Å². The Balaban J connectivity index is 2.55. The third kappa shape index (κ3) is 7.50. The lowest BCUT2D eigenvalue weighted by atomic mass is 10.2. The second-order valence-corrected chi connectivity index (χ2v) is 7.13. The molecule has 0 bridgehead atoms. The number of hydrogen-bond donors (Lipinski definition) is 4. The Morgan fingerprint density at radius 1 is 1.25 bits per heavy atom. The van der Waals surface area contributed by atoms with E-state index >= 15 is 0 Å². The molecule has 7 nitrogen and oxygen atoms in total. The smallest absolute Gasteiger partial charge is 0.319 e. The summed E-state index contributed by atoms with van der Waals surface area (Å²) in [6.45, 7) is 2.71. The number of nitrogens with one attached hydrogen (secondary N) is 2. The van der Waals surface area contributed by atoms with Gasteiger partial charge in [-0.3, -0.25) is 10.1 Å². The minimum absolute atomic E-state index is 0.100. The lowest BCUT2D eigenvalue weighted by Crippen LogP contribution is -2.30. The van der Waals surface area contributed by atoms with Crippen LogP contribution in [0.3, 0.4) is 0 Å². The van der Waals surface area contributed by atoms with E-state index in [1.54, 1.807) is 0 Å². The second kappa shape index (κ2) is 12.1. The van der Waals surface area contributed by atoms with Gasteiger partial charge < -0.3 is 16.2 Å². The number of unbranched alkanes of at least 4 members (excludes halogenated alkanes) is 4. The zero-order valence-corrected chi connectivity index (χ0v) is 15.6. The van der Waals surface area contributed by atoms with E-state index in [9.17, 15) is 9.59 Å². The Morgan fingerprint density at radius 2 is 2.04 bits per heavy atom. The Labute approximate surface area is 150 Å². The van der Waals surface area contributed by atoms with Crippen molar-refractivity contribution in [3.8, 4) is 0 Å². The summed E-state index contributed by atoms with van der Waals surface area (Å²) in [5.74, 6) is 0.284. The number of urea groups is 1. The number of nitrogens with two attached hydrogens (primary N) is 1. The van der Waals surface area contributed by atoms with E-state index in [1.807, 2.05) is 0 Å². The summed E-state index contributed by atoms with van der Waals surface area (Å²) in [7, 11) is 0. The van der Waals surface area contributed by atoms with Gasteiger partial charge in [-0.15, -0.1) is 11.8 Å². The highest BCUT2D eigenvalue weighted by molar-refractivity contribution is 7.99. The number of aromatic nitrogens is 1. The fourth-order valence-corrected chi connectivity index (χ4v) is 3.93. The van der Waals surface area contributed by atoms with Crippen LogP contribution < -0.4 is 16.4 Å². The molecule has 0 unspecified atom stereocenters. The van der Waals surface area contributed by atoms with Crippen LogP contribution in [0.25, 0.3) is 0 Å². The first-order valence-electron chi connectivity index (χ1n) is 8.18. The van der Waals surface area contributed by atoms with Gasteiger partial charge in [-0.25, -0.2) is 4.79 Å². The van der Waals surface area contributed by atoms with Gasteiger partial charge >= 0.3 is 6.03 Å². The topological polar surface area (TPSA) is 117 Å². The number of carbonyl (C=O) groups is 2. The molecule has 0 aromatic carbocycles. The number of thioether (sulfide) groups is 1. The van der Waals surface area contributed by atoms with Gasteiger partial charge in [0.2, 0.25) is 0 Å². The van der Waals surface area contributed by atoms with Crippen LogP contribution in [0.2, 0.25) is 0 Å². The molecule has 1 aromatic rings. The van der Waals surface area contributed by atoms with Gasteiger partial charge in [0.25, 0.3) is 5.91 Å². The molecular formula is C15H26N4O3S2. The number of nitrogens with zero attached hydrogens (tertiary/aromatic N) is 1. The molecule has 1 heterocycles. The lowest BCUT2D eigenvalue weighted by molar-refractivity contribution is 0.0998. The standard InChI is InChI=1S/C15H26N4O3S2/c1-2-3-4-7-10-23-14-11(12(16)21)13(24-19-14)18-15(22)17-8-5-6-9-20/h20H,2-10H2,1H3,(H2,16,21)(H2,17,18,22). The summed E-state index contributed by atoms with van der Waals surface area (Å²) < 4.78 is 4.25. The fraction of sp³-hybridized carbons (Fsp3) is 0.667. The van der Waals surface area contributed by atoms with Crippen LogP contribution in [0.1, 0.15) is 55.8 Å². The number of amides is 3. The molecule has 0 radical (unpaired) electrons. The van der Waals surface area contributed by atoms with Crippen LogP contribution in [-0.4, -0.2) is 40.3 Å². The van der Waals surface area contributed by atoms with Crippen molar-refractivity contribution in [2.24, 2.45) is 5.73 Å². The summed E-state index contributed by atoms with van der Waals surface area (Å²) in [5.41, 5.74) is 5.73. The highest BCUT2D eigenvalue weighted by atomic mass is 32.2. The van der Waals surface area contributed by atoms with Crippen molar-refractivity contribution < 1.29 is 14.7 Å². The molecule has 0 atom stereocenters. The molecule has 0 aliphatic carbocycles. The number of hydrogen-bond acceptors (Lipinski definition) is 6. The Morgan fingerprint density at radius 3 is 2.71 bits per heavy atom. The van der Waals surface area contributed by atoms with Crippen LogP contribution in [0.4, 0.5) is 9.80 Å². The van der Waals surface area contributed by atoms with Gasteiger partial charge in [-0.2, -0.15) is 4.37 Å². The first kappa shape index (κ1) is 20.7. The molecule has 0 aliphatic rings. The minimum atomic E-state index is -0.588. The highest BCUT2D eigenvalue weighted by Gasteiger charge is 2.20. The number of anilines is 1. The van der Waals surface area contributed by atoms with Crippen LogP contribution >= 0.6 is 23.3 Å².